The van der Waals surface area contributed by atoms with E-state index in [2.05, 4.69) is 11.0 Å². The van der Waals surface area contributed by atoms with Gasteiger partial charge >= 0.3 is 0 Å². The van der Waals surface area contributed by atoms with Crippen molar-refractivity contribution in [3.05, 3.63) is 102 Å². The summed E-state index contributed by atoms with van der Waals surface area (Å²) in [7, 11) is 0. The van der Waals surface area contributed by atoms with Crippen LogP contribution in [0, 0.1) is 0 Å². The zero-order valence-electron chi connectivity index (χ0n) is 18.3. The lowest BCUT2D eigenvalue weighted by molar-refractivity contribution is 0.0981. The lowest BCUT2D eigenvalue weighted by Crippen LogP contribution is -2.54. The smallest absolute Gasteiger partial charge is 0.165 e. The van der Waals surface area contributed by atoms with Crippen molar-refractivity contribution >= 4 is 11.5 Å². The molecule has 33 heavy (non-hydrogen) atoms. The lowest BCUT2D eigenvalue weighted by Gasteiger charge is -2.41. The second kappa shape index (κ2) is 9.38. The SMILES string of the molecule is O=C(CCc1ccco1)c1cccc(N2CC(Oc3ccc(CO)cc3)C2)c1-n1cccc1. The van der Waals surface area contributed by atoms with Gasteiger partial charge in [-0.25, -0.2) is 0 Å². The molecule has 0 spiro atoms. The summed E-state index contributed by atoms with van der Waals surface area (Å²) in [4.78, 5) is 15.4. The van der Waals surface area contributed by atoms with Crippen molar-refractivity contribution in [2.75, 3.05) is 18.0 Å². The number of ketones is 1. The van der Waals surface area contributed by atoms with Crippen LogP contribution in [0.1, 0.15) is 28.1 Å². The van der Waals surface area contributed by atoms with Gasteiger partial charge in [-0.3, -0.25) is 4.79 Å². The average molecular weight is 443 g/mol. The Balaban J connectivity index is 1.33. The number of aliphatic hydroxyl groups is 1. The number of anilines is 1. The number of aryl methyl sites for hydroxylation is 1. The monoisotopic (exact) mass is 442 g/mol. The van der Waals surface area contributed by atoms with Crippen LogP contribution >= 0.6 is 0 Å². The molecule has 0 unspecified atom stereocenters. The van der Waals surface area contributed by atoms with Gasteiger partial charge in [0.1, 0.15) is 17.6 Å². The van der Waals surface area contributed by atoms with E-state index in [1.54, 1.807) is 6.26 Å². The molecule has 168 valence electrons. The standard InChI is InChI=1S/C27H26N2O4/c30-19-20-8-10-22(11-9-20)33-23-17-29(18-23)25-7-3-6-24(27(25)28-14-1-2-15-28)26(31)13-12-21-5-4-16-32-21/h1-11,14-16,23,30H,12-13,17-19H2. The number of ether oxygens (including phenoxy) is 1. The zero-order valence-corrected chi connectivity index (χ0v) is 18.3. The Kier molecular flexibility index (Phi) is 6.00. The third-order valence-corrected chi connectivity index (χ3v) is 5.95. The number of hydrogen-bond donors (Lipinski definition) is 1. The van der Waals surface area contributed by atoms with Gasteiger partial charge in [-0.05, 0) is 54.1 Å². The van der Waals surface area contributed by atoms with Crippen LogP contribution in [0.5, 0.6) is 5.75 Å². The number of rotatable bonds is 9. The molecule has 2 aromatic heterocycles. The predicted octanol–water partition coefficient (Wildman–Crippen LogP) is 4.65. The molecule has 1 saturated heterocycles. The summed E-state index contributed by atoms with van der Waals surface area (Å²) in [6.07, 6.45) is 6.61. The second-order valence-corrected chi connectivity index (χ2v) is 8.21. The van der Waals surface area contributed by atoms with Gasteiger partial charge in [0.15, 0.2) is 5.78 Å². The highest BCUT2D eigenvalue weighted by Gasteiger charge is 2.31. The lowest BCUT2D eigenvalue weighted by atomic mass is 10.00. The normalized spacial score (nSPS) is 13.7. The Hall–Kier alpha value is -3.77. The molecule has 0 amide bonds. The Labute approximate surface area is 192 Å². The van der Waals surface area contributed by atoms with Crippen molar-refractivity contribution in [1.82, 2.24) is 4.57 Å². The van der Waals surface area contributed by atoms with Crippen LogP contribution in [0.3, 0.4) is 0 Å². The molecule has 0 radical (unpaired) electrons. The van der Waals surface area contributed by atoms with Crippen molar-refractivity contribution in [3.8, 4) is 11.4 Å². The fourth-order valence-corrected chi connectivity index (χ4v) is 4.17. The number of carbonyl (C=O) groups is 1. The largest absolute Gasteiger partial charge is 0.487 e. The van der Waals surface area contributed by atoms with E-state index in [-0.39, 0.29) is 18.5 Å². The van der Waals surface area contributed by atoms with E-state index in [1.807, 2.05) is 77.6 Å². The van der Waals surface area contributed by atoms with E-state index in [0.29, 0.717) is 18.4 Å². The number of furan rings is 1. The molecular weight excluding hydrogens is 416 g/mol. The fourth-order valence-electron chi connectivity index (χ4n) is 4.17. The number of para-hydroxylation sites is 1. The van der Waals surface area contributed by atoms with Gasteiger partial charge in [0.25, 0.3) is 0 Å². The van der Waals surface area contributed by atoms with Gasteiger partial charge in [0.2, 0.25) is 0 Å². The molecule has 1 aliphatic rings. The minimum Gasteiger partial charge on any atom is -0.487 e. The molecule has 0 saturated carbocycles. The zero-order chi connectivity index (χ0) is 22.6. The van der Waals surface area contributed by atoms with E-state index in [4.69, 9.17) is 9.15 Å². The third kappa shape index (κ3) is 4.56. The van der Waals surface area contributed by atoms with E-state index in [1.165, 1.54) is 0 Å². The summed E-state index contributed by atoms with van der Waals surface area (Å²) in [5.41, 5.74) is 3.49. The number of hydrogen-bond acceptors (Lipinski definition) is 5. The van der Waals surface area contributed by atoms with Gasteiger partial charge in [-0.15, -0.1) is 0 Å². The van der Waals surface area contributed by atoms with Gasteiger partial charge < -0.3 is 23.7 Å². The average Bonchev–Trinajstić information content (AvgIpc) is 3.54. The molecule has 0 aliphatic carbocycles. The van der Waals surface area contributed by atoms with Gasteiger partial charge in [0.05, 0.1) is 37.3 Å². The maximum absolute atomic E-state index is 13.2. The minimum atomic E-state index is 0.0240. The summed E-state index contributed by atoms with van der Waals surface area (Å²) in [6.45, 7) is 1.50. The first-order chi connectivity index (χ1) is 16.2. The summed E-state index contributed by atoms with van der Waals surface area (Å²) < 4.78 is 13.5. The molecule has 1 fully saturated rings. The van der Waals surface area contributed by atoms with Gasteiger partial charge in [-0.2, -0.15) is 0 Å². The quantitative estimate of drug-likeness (QED) is 0.382. The number of Topliss-reactive ketones (excluding diaryl/α,β-unsaturated/α-hetero) is 1. The summed E-state index contributed by atoms with van der Waals surface area (Å²) in [6, 6.07) is 21.1. The Morgan fingerprint density at radius 3 is 2.48 bits per heavy atom. The third-order valence-electron chi connectivity index (χ3n) is 5.95. The van der Waals surface area contributed by atoms with Crippen LogP contribution in [0.2, 0.25) is 0 Å². The van der Waals surface area contributed by atoms with Gasteiger partial charge in [0, 0.05) is 30.8 Å². The Bertz CT molecular complexity index is 1190. The molecule has 0 atom stereocenters. The van der Waals surface area contributed by atoms with Gasteiger partial charge in [-0.1, -0.05) is 18.2 Å². The van der Waals surface area contributed by atoms with Crippen molar-refractivity contribution in [2.45, 2.75) is 25.6 Å². The van der Waals surface area contributed by atoms with Crippen LogP contribution in [-0.2, 0) is 13.0 Å². The van der Waals surface area contributed by atoms with Crippen molar-refractivity contribution < 1.29 is 19.1 Å². The van der Waals surface area contributed by atoms with Crippen molar-refractivity contribution in [3.63, 3.8) is 0 Å². The number of carbonyl (C=O) groups excluding carboxylic acids is 1. The molecule has 5 rings (SSSR count). The second-order valence-electron chi connectivity index (χ2n) is 8.21. The first-order valence-corrected chi connectivity index (χ1v) is 11.1. The number of aromatic nitrogens is 1. The summed E-state index contributed by atoms with van der Waals surface area (Å²) in [5.74, 6) is 1.70. The van der Waals surface area contributed by atoms with Crippen LogP contribution in [0.4, 0.5) is 5.69 Å². The van der Waals surface area contributed by atoms with Crippen LogP contribution in [-0.4, -0.2) is 34.7 Å². The maximum atomic E-state index is 13.2. The number of benzene rings is 2. The van der Waals surface area contributed by atoms with Crippen LogP contribution < -0.4 is 9.64 Å². The number of aliphatic hydroxyl groups excluding tert-OH is 1. The van der Waals surface area contributed by atoms with Crippen LogP contribution in [0.25, 0.3) is 5.69 Å². The molecule has 1 N–H and O–H groups in total. The first-order valence-electron chi connectivity index (χ1n) is 11.1. The van der Waals surface area contributed by atoms with E-state index >= 15 is 0 Å². The molecule has 6 heteroatoms. The Morgan fingerprint density at radius 2 is 1.79 bits per heavy atom. The highest BCUT2D eigenvalue weighted by Crippen LogP contribution is 2.33. The highest BCUT2D eigenvalue weighted by molar-refractivity contribution is 6.01. The molecule has 2 aromatic carbocycles. The molecule has 4 aromatic rings. The molecule has 1 aliphatic heterocycles. The van der Waals surface area contributed by atoms with E-state index in [9.17, 15) is 9.90 Å². The molecule has 0 bridgehead atoms. The molecular formula is C27H26N2O4. The van der Waals surface area contributed by atoms with E-state index < -0.39 is 0 Å². The van der Waals surface area contributed by atoms with Crippen molar-refractivity contribution in [1.29, 1.82) is 0 Å². The molecule has 6 nitrogen and oxygen atoms in total. The number of nitrogens with zero attached hydrogens (tertiary/aromatic N) is 2. The predicted molar refractivity (Wildman–Crippen MR) is 126 cm³/mol. The summed E-state index contributed by atoms with van der Waals surface area (Å²) in [5, 5.41) is 9.20. The minimum absolute atomic E-state index is 0.0240. The fraction of sp³-hybridized carbons (Fsp3) is 0.222. The summed E-state index contributed by atoms with van der Waals surface area (Å²) >= 11 is 0. The highest BCUT2D eigenvalue weighted by atomic mass is 16.5. The Morgan fingerprint density at radius 1 is 1.00 bits per heavy atom. The maximum Gasteiger partial charge on any atom is 0.165 e. The molecule has 3 heterocycles. The van der Waals surface area contributed by atoms with Crippen LogP contribution in [0.15, 0.2) is 89.8 Å². The topological polar surface area (TPSA) is 67.8 Å². The van der Waals surface area contributed by atoms with Crippen molar-refractivity contribution in [2.24, 2.45) is 0 Å². The first kappa shape index (κ1) is 21.1. The van der Waals surface area contributed by atoms with E-state index in [0.717, 1.165) is 41.5 Å².